The largest absolute Gasteiger partial charge is 0.481 e. The molecule has 2 atom stereocenters. The van der Waals surface area contributed by atoms with E-state index in [1.165, 1.54) is 19.3 Å². The molecule has 0 aliphatic heterocycles. The Balaban J connectivity index is 2.36. The average molecular weight is 184 g/mol. The minimum absolute atomic E-state index is 0.168. The monoisotopic (exact) mass is 184 g/mol. The van der Waals surface area contributed by atoms with Gasteiger partial charge < -0.3 is 5.11 Å². The Kier molecular flexibility index (Phi) is 2.99. The van der Waals surface area contributed by atoms with Crippen LogP contribution in [-0.2, 0) is 4.79 Å². The first-order valence-electron chi connectivity index (χ1n) is 5.13. The number of hydrogen-bond donors (Lipinski definition) is 1. The lowest BCUT2D eigenvalue weighted by Gasteiger charge is -2.18. The molecule has 0 aromatic heterocycles. The lowest BCUT2D eigenvalue weighted by atomic mass is 9.88. The smallest absolute Gasteiger partial charge is 0.306 e. The van der Waals surface area contributed by atoms with Gasteiger partial charge in [0.15, 0.2) is 0 Å². The van der Waals surface area contributed by atoms with Crippen molar-refractivity contribution in [3.63, 3.8) is 0 Å². The molecule has 0 heterocycles. The van der Waals surface area contributed by atoms with Crippen LogP contribution in [0.4, 0.5) is 0 Å². The minimum Gasteiger partial charge on any atom is -0.481 e. The van der Waals surface area contributed by atoms with Crippen molar-refractivity contribution in [2.24, 2.45) is 17.3 Å². The second kappa shape index (κ2) is 3.69. The summed E-state index contributed by atoms with van der Waals surface area (Å²) in [6.45, 7) is 6.37. The number of rotatable bonds is 3. The van der Waals surface area contributed by atoms with Crippen molar-refractivity contribution in [3.8, 4) is 0 Å². The fourth-order valence-corrected chi connectivity index (χ4v) is 2.38. The third kappa shape index (κ3) is 3.02. The summed E-state index contributed by atoms with van der Waals surface area (Å²) in [5.74, 6) is -0.176. The lowest BCUT2D eigenvalue weighted by Crippen LogP contribution is -2.14. The van der Waals surface area contributed by atoms with E-state index in [1.54, 1.807) is 0 Å². The van der Waals surface area contributed by atoms with Crippen LogP contribution in [0.3, 0.4) is 0 Å². The highest BCUT2D eigenvalue weighted by atomic mass is 16.4. The van der Waals surface area contributed by atoms with Gasteiger partial charge in [-0.3, -0.25) is 4.79 Å². The fraction of sp³-hybridized carbons (Fsp3) is 0.909. The molecule has 0 amide bonds. The highest BCUT2D eigenvalue weighted by molar-refractivity contribution is 5.69. The molecular formula is C11H20O2. The van der Waals surface area contributed by atoms with Crippen molar-refractivity contribution in [3.05, 3.63) is 0 Å². The summed E-state index contributed by atoms with van der Waals surface area (Å²) in [5, 5.41) is 8.77. The molecule has 2 unspecified atom stereocenters. The minimum atomic E-state index is -0.648. The fourth-order valence-electron chi connectivity index (χ4n) is 2.38. The number of hydrogen-bond acceptors (Lipinski definition) is 1. The molecule has 2 nitrogen and oxygen atoms in total. The molecular weight excluding hydrogens is 164 g/mol. The molecule has 0 saturated heterocycles. The van der Waals surface area contributed by atoms with E-state index in [2.05, 4.69) is 13.8 Å². The van der Waals surface area contributed by atoms with Gasteiger partial charge in [0.25, 0.3) is 0 Å². The third-order valence-electron chi connectivity index (χ3n) is 3.18. The van der Waals surface area contributed by atoms with Crippen LogP contribution in [0.25, 0.3) is 0 Å². The summed E-state index contributed by atoms with van der Waals surface area (Å²) in [6, 6.07) is 0. The van der Waals surface area contributed by atoms with E-state index >= 15 is 0 Å². The molecule has 0 bridgehead atoms. The van der Waals surface area contributed by atoms with Gasteiger partial charge in [-0.2, -0.15) is 0 Å². The van der Waals surface area contributed by atoms with Gasteiger partial charge >= 0.3 is 5.97 Å². The van der Waals surface area contributed by atoms with Crippen LogP contribution in [0, 0.1) is 17.3 Å². The van der Waals surface area contributed by atoms with Crippen LogP contribution in [-0.4, -0.2) is 11.1 Å². The summed E-state index contributed by atoms with van der Waals surface area (Å²) >= 11 is 0. The predicted octanol–water partition coefficient (Wildman–Crippen LogP) is 2.92. The quantitative estimate of drug-likeness (QED) is 0.732. The molecule has 1 saturated carbocycles. The second-order valence-electron chi connectivity index (χ2n) is 5.25. The van der Waals surface area contributed by atoms with Gasteiger partial charge in [0, 0.05) is 0 Å². The van der Waals surface area contributed by atoms with Crippen LogP contribution in [0.15, 0.2) is 0 Å². The van der Waals surface area contributed by atoms with Crippen molar-refractivity contribution >= 4 is 5.97 Å². The van der Waals surface area contributed by atoms with Gasteiger partial charge in [-0.15, -0.1) is 0 Å². The van der Waals surface area contributed by atoms with Crippen molar-refractivity contribution < 1.29 is 9.90 Å². The third-order valence-corrected chi connectivity index (χ3v) is 3.18. The SMILES string of the molecule is CC(CC1CCC(C)(C)C1)C(=O)O. The van der Waals surface area contributed by atoms with Crippen LogP contribution in [0.1, 0.15) is 46.5 Å². The number of carboxylic acids is 1. The van der Waals surface area contributed by atoms with E-state index in [-0.39, 0.29) is 5.92 Å². The predicted molar refractivity (Wildman–Crippen MR) is 52.5 cm³/mol. The van der Waals surface area contributed by atoms with Crippen molar-refractivity contribution in [1.82, 2.24) is 0 Å². The Morgan fingerprint density at radius 2 is 2.23 bits per heavy atom. The average Bonchev–Trinajstić information content (AvgIpc) is 2.30. The Bertz CT molecular complexity index is 196. The molecule has 2 heteroatoms. The van der Waals surface area contributed by atoms with E-state index in [1.807, 2.05) is 6.92 Å². The standard InChI is InChI=1S/C11H20O2/c1-8(10(12)13)6-9-4-5-11(2,3)7-9/h8-9H,4-7H2,1-3H3,(H,12,13). The van der Waals surface area contributed by atoms with Gasteiger partial charge in [0.2, 0.25) is 0 Å². The Labute approximate surface area is 80.3 Å². The van der Waals surface area contributed by atoms with Crippen molar-refractivity contribution in [2.45, 2.75) is 46.5 Å². The van der Waals surface area contributed by atoms with Crippen molar-refractivity contribution in [1.29, 1.82) is 0 Å². The zero-order valence-corrected chi connectivity index (χ0v) is 8.84. The van der Waals surface area contributed by atoms with Crippen molar-refractivity contribution in [2.75, 3.05) is 0 Å². The summed E-state index contributed by atoms with van der Waals surface area (Å²) in [7, 11) is 0. The van der Waals surface area contributed by atoms with E-state index in [4.69, 9.17) is 5.11 Å². The molecule has 1 rings (SSSR count). The maximum atomic E-state index is 10.6. The molecule has 76 valence electrons. The number of carboxylic acid groups (broad SMARTS) is 1. The number of carbonyl (C=O) groups is 1. The Morgan fingerprint density at radius 1 is 1.62 bits per heavy atom. The van der Waals surface area contributed by atoms with Gasteiger partial charge in [0.1, 0.15) is 0 Å². The molecule has 0 aromatic carbocycles. The highest BCUT2D eigenvalue weighted by Gasteiger charge is 2.32. The van der Waals surface area contributed by atoms with Crippen LogP contribution in [0.2, 0.25) is 0 Å². The molecule has 0 spiro atoms. The van der Waals surface area contributed by atoms with Crippen LogP contribution in [0.5, 0.6) is 0 Å². The normalized spacial score (nSPS) is 28.7. The first-order valence-corrected chi connectivity index (χ1v) is 5.13. The van der Waals surface area contributed by atoms with E-state index in [0.29, 0.717) is 11.3 Å². The molecule has 1 aliphatic carbocycles. The molecule has 13 heavy (non-hydrogen) atoms. The van der Waals surface area contributed by atoms with Gasteiger partial charge in [0.05, 0.1) is 5.92 Å². The zero-order valence-electron chi connectivity index (χ0n) is 8.84. The first kappa shape index (κ1) is 10.6. The van der Waals surface area contributed by atoms with Crippen LogP contribution >= 0.6 is 0 Å². The Morgan fingerprint density at radius 3 is 2.62 bits per heavy atom. The summed E-state index contributed by atoms with van der Waals surface area (Å²) in [5.41, 5.74) is 0.447. The van der Waals surface area contributed by atoms with Gasteiger partial charge in [-0.25, -0.2) is 0 Å². The van der Waals surface area contributed by atoms with Crippen LogP contribution < -0.4 is 0 Å². The van der Waals surface area contributed by atoms with E-state index < -0.39 is 5.97 Å². The topological polar surface area (TPSA) is 37.3 Å². The van der Waals surface area contributed by atoms with Gasteiger partial charge in [-0.05, 0) is 37.0 Å². The summed E-state index contributed by atoms with van der Waals surface area (Å²) < 4.78 is 0. The zero-order chi connectivity index (χ0) is 10.1. The van der Waals surface area contributed by atoms with Gasteiger partial charge in [-0.1, -0.05) is 20.8 Å². The van der Waals surface area contributed by atoms with E-state index in [9.17, 15) is 4.79 Å². The van der Waals surface area contributed by atoms with E-state index in [0.717, 1.165) is 6.42 Å². The number of aliphatic carboxylic acids is 1. The summed E-state index contributed by atoms with van der Waals surface area (Å²) in [6.07, 6.45) is 4.53. The highest BCUT2D eigenvalue weighted by Crippen LogP contribution is 2.43. The first-order chi connectivity index (χ1) is 5.91. The molecule has 0 radical (unpaired) electrons. The maximum Gasteiger partial charge on any atom is 0.306 e. The summed E-state index contributed by atoms with van der Waals surface area (Å²) in [4.78, 5) is 10.6. The maximum absolute atomic E-state index is 10.6. The second-order valence-corrected chi connectivity index (χ2v) is 5.25. The lowest BCUT2D eigenvalue weighted by molar-refractivity contribution is -0.141. The Hall–Kier alpha value is -0.530. The molecule has 1 aliphatic rings. The molecule has 1 fully saturated rings. The molecule has 0 aromatic rings. The molecule has 1 N–H and O–H groups in total.